The van der Waals surface area contributed by atoms with Gasteiger partial charge in [-0.3, -0.25) is 0 Å². The molecule has 0 aliphatic heterocycles. The molecular formula is C15H24. The molecule has 1 unspecified atom stereocenters. The van der Waals surface area contributed by atoms with Crippen LogP contribution in [0.1, 0.15) is 46.5 Å². The second-order valence-electron chi connectivity index (χ2n) is 5.18. The maximum Gasteiger partial charge on any atom is 0.0175 e. The third-order valence-corrected chi connectivity index (χ3v) is 4.03. The Bertz CT molecular complexity index is 279. The lowest BCUT2D eigenvalue weighted by Gasteiger charge is -2.46. The number of rotatable bonds is 3. The van der Waals surface area contributed by atoms with Crippen LogP contribution in [0.25, 0.3) is 0 Å². The Morgan fingerprint density at radius 1 is 1.00 bits per heavy atom. The van der Waals surface area contributed by atoms with Crippen molar-refractivity contribution < 1.29 is 0 Å². The predicted octanol–water partition coefficient (Wildman–Crippen LogP) is 4.89. The molecule has 1 aliphatic rings. The molecule has 0 N–H and O–H groups in total. The summed E-state index contributed by atoms with van der Waals surface area (Å²) in [7, 11) is 0. The Morgan fingerprint density at radius 2 is 1.53 bits per heavy atom. The quantitative estimate of drug-likeness (QED) is 0.574. The van der Waals surface area contributed by atoms with Gasteiger partial charge in [-0.25, -0.2) is 0 Å². The van der Waals surface area contributed by atoms with Crippen molar-refractivity contribution >= 4 is 0 Å². The minimum atomic E-state index is 0.129. The fourth-order valence-electron chi connectivity index (χ4n) is 3.23. The number of hydrogen-bond donors (Lipinski definition) is 0. The summed E-state index contributed by atoms with van der Waals surface area (Å²) >= 11 is 0. The fraction of sp³-hybridized carbons (Fsp3) is 0.600. The Labute approximate surface area is 94.8 Å². The Hall–Kier alpha value is -0.780. The molecule has 0 saturated heterocycles. The van der Waals surface area contributed by atoms with Gasteiger partial charge in [-0.15, -0.1) is 0 Å². The van der Waals surface area contributed by atoms with Crippen molar-refractivity contribution in [3.63, 3.8) is 0 Å². The summed E-state index contributed by atoms with van der Waals surface area (Å²) in [6.45, 7) is 19.0. The highest BCUT2D eigenvalue weighted by Crippen LogP contribution is 2.52. The van der Waals surface area contributed by atoms with E-state index in [2.05, 4.69) is 40.5 Å². The topological polar surface area (TPSA) is 0 Å². The zero-order valence-electron chi connectivity index (χ0n) is 10.5. The van der Waals surface area contributed by atoms with Crippen molar-refractivity contribution in [2.24, 2.45) is 11.3 Å². The van der Waals surface area contributed by atoms with E-state index in [0.29, 0.717) is 5.92 Å². The van der Waals surface area contributed by atoms with Crippen LogP contribution in [-0.2, 0) is 0 Å². The summed E-state index contributed by atoms with van der Waals surface area (Å²) in [4.78, 5) is 0. The average Bonchev–Trinajstić information content (AvgIpc) is 2.16. The molecule has 0 heterocycles. The second kappa shape index (κ2) is 4.38. The van der Waals surface area contributed by atoms with Crippen LogP contribution in [-0.4, -0.2) is 0 Å². The molecule has 0 spiro atoms. The molecule has 0 radical (unpaired) electrons. The molecule has 1 atom stereocenters. The van der Waals surface area contributed by atoms with Gasteiger partial charge in [0.25, 0.3) is 0 Å². The summed E-state index contributed by atoms with van der Waals surface area (Å²) in [5.41, 5.74) is 3.95. The van der Waals surface area contributed by atoms with Crippen LogP contribution in [0.2, 0.25) is 0 Å². The summed E-state index contributed by atoms with van der Waals surface area (Å²) in [6, 6.07) is 0. The second-order valence-corrected chi connectivity index (χ2v) is 5.18. The molecular weight excluding hydrogens is 180 g/mol. The Kier molecular flexibility index (Phi) is 3.59. The molecule has 0 aromatic heterocycles. The largest absolute Gasteiger partial charge is 0.0998 e. The van der Waals surface area contributed by atoms with Crippen LogP contribution in [0.5, 0.6) is 0 Å². The van der Waals surface area contributed by atoms with Crippen LogP contribution in [0, 0.1) is 11.3 Å². The molecule has 0 bridgehead atoms. The average molecular weight is 204 g/mol. The van der Waals surface area contributed by atoms with E-state index in [9.17, 15) is 0 Å². The summed E-state index contributed by atoms with van der Waals surface area (Å²) in [5, 5.41) is 0. The van der Waals surface area contributed by atoms with E-state index in [1.54, 1.807) is 0 Å². The maximum atomic E-state index is 4.20. The third-order valence-electron chi connectivity index (χ3n) is 4.03. The van der Waals surface area contributed by atoms with Gasteiger partial charge in [-0.2, -0.15) is 0 Å². The summed E-state index contributed by atoms with van der Waals surface area (Å²) < 4.78 is 0. The van der Waals surface area contributed by atoms with E-state index >= 15 is 0 Å². The zero-order chi connectivity index (χ0) is 11.6. The first-order chi connectivity index (χ1) is 6.93. The first-order valence-corrected chi connectivity index (χ1v) is 5.90. The summed E-state index contributed by atoms with van der Waals surface area (Å²) in [6.07, 6.45) is 5.06. The van der Waals surface area contributed by atoms with Gasteiger partial charge in [0.2, 0.25) is 0 Å². The molecule has 0 aromatic rings. The Balaban J connectivity index is 3.16. The van der Waals surface area contributed by atoms with Crippen molar-refractivity contribution in [1.82, 2.24) is 0 Å². The standard InChI is InChI=1S/C15H24/c1-11(2)14-9-7-8-10-15(14,12(3)4)13(5)6/h14H,1,3,5,7-10H2,2,4,6H3. The molecule has 1 aliphatic carbocycles. The molecule has 0 amide bonds. The first kappa shape index (κ1) is 12.3. The van der Waals surface area contributed by atoms with Crippen LogP contribution in [0.3, 0.4) is 0 Å². The lowest BCUT2D eigenvalue weighted by atomic mass is 9.58. The van der Waals surface area contributed by atoms with Gasteiger partial charge in [0, 0.05) is 5.41 Å². The van der Waals surface area contributed by atoms with Gasteiger partial charge in [0.15, 0.2) is 0 Å². The van der Waals surface area contributed by atoms with Crippen LogP contribution < -0.4 is 0 Å². The van der Waals surface area contributed by atoms with Crippen molar-refractivity contribution in [2.45, 2.75) is 46.5 Å². The maximum absolute atomic E-state index is 4.20. The minimum Gasteiger partial charge on any atom is -0.0998 e. The van der Waals surface area contributed by atoms with E-state index in [4.69, 9.17) is 0 Å². The highest BCUT2D eigenvalue weighted by atomic mass is 14.5. The van der Waals surface area contributed by atoms with Gasteiger partial charge in [-0.05, 0) is 39.5 Å². The predicted molar refractivity (Wildman–Crippen MR) is 68.8 cm³/mol. The molecule has 0 aromatic carbocycles. The van der Waals surface area contributed by atoms with Crippen molar-refractivity contribution in [1.29, 1.82) is 0 Å². The van der Waals surface area contributed by atoms with E-state index in [-0.39, 0.29) is 5.41 Å². The van der Waals surface area contributed by atoms with Gasteiger partial charge in [-0.1, -0.05) is 49.3 Å². The molecule has 84 valence electrons. The first-order valence-electron chi connectivity index (χ1n) is 5.90. The molecule has 0 heteroatoms. The number of hydrogen-bond acceptors (Lipinski definition) is 0. The Morgan fingerprint density at radius 3 is 1.87 bits per heavy atom. The van der Waals surface area contributed by atoms with E-state index in [1.807, 2.05) is 0 Å². The van der Waals surface area contributed by atoms with Gasteiger partial charge >= 0.3 is 0 Å². The number of allylic oxidation sites excluding steroid dienone is 3. The summed E-state index contributed by atoms with van der Waals surface area (Å²) in [5.74, 6) is 0.557. The van der Waals surface area contributed by atoms with Gasteiger partial charge in [0.05, 0.1) is 0 Å². The molecule has 0 nitrogen and oxygen atoms in total. The van der Waals surface area contributed by atoms with Gasteiger partial charge < -0.3 is 0 Å². The van der Waals surface area contributed by atoms with E-state index < -0.39 is 0 Å². The third kappa shape index (κ3) is 1.95. The van der Waals surface area contributed by atoms with Crippen LogP contribution in [0.4, 0.5) is 0 Å². The zero-order valence-corrected chi connectivity index (χ0v) is 10.5. The monoisotopic (exact) mass is 204 g/mol. The van der Waals surface area contributed by atoms with Gasteiger partial charge in [0.1, 0.15) is 0 Å². The molecule has 15 heavy (non-hydrogen) atoms. The minimum absolute atomic E-state index is 0.129. The lowest BCUT2D eigenvalue weighted by molar-refractivity contribution is 0.210. The normalized spacial score (nSPS) is 24.6. The highest BCUT2D eigenvalue weighted by Gasteiger charge is 2.42. The van der Waals surface area contributed by atoms with Crippen LogP contribution >= 0.6 is 0 Å². The van der Waals surface area contributed by atoms with Crippen molar-refractivity contribution in [2.75, 3.05) is 0 Å². The van der Waals surface area contributed by atoms with Crippen LogP contribution in [0.15, 0.2) is 36.5 Å². The highest BCUT2D eigenvalue weighted by molar-refractivity contribution is 5.30. The molecule has 1 rings (SSSR count). The molecule has 1 saturated carbocycles. The van der Waals surface area contributed by atoms with E-state index in [1.165, 1.54) is 42.4 Å². The van der Waals surface area contributed by atoms with Crippen molar-refractivity contribution in [3.8, 4) is 0 Å². The SMILES string of the molecule is C=C(C)C1CCCCC1(C(=C)C)C(=C)C. The fourth-order valence-corrected chi connectivity index (χ4v) is 3.23. The molecule has 1 fully saturated rings. The smallest absolute Gasteiger partial charge is 0.0175 e. The van der Waals surface area contributed by atoms with E-state index in [0.717, 1.165) is 0 Å². The van der Waals surface area contributed by atoms with Crippen molar-refractivity contribution in [3.05, 3.63) is 36.5 Å². The lowest BCUT2D eigenvalue weighted by Crippen LogP contribution is -2.36.